The average Bonchev–Trinajstić information content (AvgIpc) is 2.60. The molecule has 0 aromatic heterocycles. The summed E-state index contributed by atoms with van der Waals surface area (Å²) in [6.07, 6.45) is 2.99. The lowest BCUT2D eigenvalue weighted by Crippen LogP contribution is -2.47. The molecule has 1 saturated carbocycles. The second-order valence-corrected chi connectivity index (χ2v) is 7.09. The van der Waals surface area contributed by atoms with Crippen molar-refractivity contribution in [1.82, 2.24) is 10.2 Å². The van der Waals surface area contributed by atoms with Crippen LogP contribution in [0.15, 0.2) is 35.5 Å². The van der Waals surface area contributed by atoms with Gasteiger partial charge in [-0.2, -0.15) is 0 Å². The van der Waals surface area contributed by atoms with E-state index in [0.717, 1.165) is 24.8 Å². The van der Waals surface area contributed by atoms with Crippen LogP contribution in [0, 0.1) is 5.92 Å². The van der Waals surface area contributed by atoms with Gasteiger partial charge in [0.15, 0.2) is 0 Å². The molecule has 1 aromatic carbocycles. The van der Waals surface area contributed by atoms with Crippen molar-refractivity contribution in [2.45, 2.75) is 46.1 Å². The van der Waals surface area contributed by atoms with Crippen LogP contribution in [-0.4, -0.2) is 36.0 Å². The third-order valence-electron chi connectivity index (χ3n) is 5.40. The predicted octanol–water partition coefficient (Wildman–Crippen LogP) is 3.35. The highest BCUT2D eigenvalue weighted by atomic mass is 16.5. The zero-order valence-electron chi connectivity index (χ0n) is 16.6. The number of esters is 1. The Hall–Kier alpha value is -2.83. The fourth-order valence-electron chi connectivity index (χ4n) is 3.56. The minimum atomic E-state index is -0.592. The summed E-state index contributed by atoms with van der Waals surface area (Å²) in [5.41, 5.74) is 2.48. The zero-order valence-corrected chi connectivity index (χ0v) is 16.6. The van der Waals surface area contributed by atoms with E-state index in [2.05, 4.69) is 10.6 Å². The number of benzene rings is 1. The first-order valence-corrected chi connectivity index (χ1v) is 9.83. The minimum absolute atomic E-state index is 0.0477. The first-order chi connectivity index (χ1) is 13.5. The molecule has 1 aliphatic carbocycles. The highest BCUT2D eigenvalue weighted by molar-refractivity contribution is 5.95. The Morgan fingerprint density at radius 3 is 2.43 bits per heavy atom. The second kappa shape index (κ2) is 8.46. The number of anilines is 1. The van der Waals surface area contributed by atoms with Gasteiger partial charge in [-0.15, -0.1) is 0 Å². The maximum Gasteiger partial charge on any atom is 0.338 e. The number of carbonyl (C=O) groups excluding carboxylic acids is 3. The minimum Gasteiger partial charge on any atom is -0.463 e. The van der Waals surface area contributed by atoms with E-state index in [0.29, 0.717) is 23.5 Å². The summed E-state index contributed by atoms with van der Waals surface area (Å²) < 4.78 is 5.22. The second-order valence-electron chi connectivity index (χ2n) is 7.09. The number of nitrogens with zero attached hydrogens (tertiary/aromatic N) is 1. The summed E-state index contributed by atoms with van der Waals surface area (Å²) in [6.45, 7) is 6.08. The molecule has 0 saturated heterocycles. The lowest BCUT2D eigenvalue weighted by Gasteiger charge is -2.34. The van der Waals surface area contributed by atoms with E-state index in [4.69, 9.17) is 4.74 Å². The molecule has 2 aliphatic rings. The van der Waals surface area contributed by atoms with Crippen molar-refractivity contribution < 1.29 is 19.1 Å². The van der Waals surface area contributed by atoms with Crippen LogP contribution in [0.1, 0.15) is 51.6 Å². The summed E-state index contributed by atoms with van der Waals surface area (Å²) in [6, 6.07) is 6.38. The van der Waals surface area contributed by atoms with Gasteiger partial charge < -0.3 is 15.4 Å². The molecule has 150 valence electrons. The number of hydrogen-bond acceptors (Lipinski definition) is 4. The monoisotopic (exact) mass is 385 g/mol. The maximum absolute atomic E-state index is 12.6. The zero-order chi connectivity index (χ0) is 20.3. The van der Waals surface area contributed by atoms with Crippen LogP contribution in [0.5, 0.6) is 0 Å². The number of urea groups is 1. The molecule has 1 unspecified atom stereocenters. The summed E-state index contributed by atoms with van der Waals surface area (Å²) in [5, 5.41) is 5.82. The van der Waals surface area contributed by atoms with Gasteiger partial charge in [-0.3, -0.25) is 9.69 Å². The molecule has 7 heteroatoms. The van der Waals surface area contributed by atoms with Gasteiger partial charge in [0.2, 0.25) is 5.91 Å². The van der Waals surface area contributed by atoms with E-state index >= 15 is 0 Å². The van der Waals surface area contributed by atoms with Gasteiger partial charge in [0.05, 0.1) is 18.2 Å². The molecule has 0 spiro atoms. The molecule has 0 radical (unpaired) electrons. The number of carbonyl (C=O) groups is 3. The average molecular weight is 385 g/mol. The molecule has 7 nitrogen and oxygen atoms in total. The highest BCUT2D eigenvalue weighted by Crippen LogP contribution is 2.32. The smallest absolute Gasteiger partial charge is 0.338 e. The van der Waals surface area contributed by atoms with E-state index in [9.17, 15) is 14.4 Å². The molecule has 1 atom stereocenters. The predicted molar refractivity (Wildman–Crippen MR) is 105 cm³/mol. The third-order valence-corrected chi connectivity index (χ3v) is 5.40. The van der Waals surface area contributed by atoms with Gasteiger partial charge in [-0.25, -0.2) is 9.59 Å². The topological polar surface area (TPSA) is 87.7 Å². The highest BCUT2D eigenvalue weighted by Gasteiger charge is 2.35. The quantitative estimate of drug-likeness (QED) is 0.735. The van der Waals surface area contributed by atoms with E-state index in [1.807, 2.05) is 19.1 Å². The number of ether oxygens (including phenoxy) is 1. The van der Waals surface area contributed by atoms with Gasteiger partial charge in [0.1, 0.15) is 0 Å². The van der Waals surface area contributed by atoms with Crippen LogP contribution < -0.4 is 10.6 Å². The summed E-state index contributed by atoms with van der Waals surface area (Å²) in [4.78, 5) is 38.6. The van der Waals surface area contributed by atoms with E-state index in [1.54, 1.807) is 26.0 Å². The Bertz CT molecular complexity index is 796. The molecule has 1 heterocycles. The fourth-order valence-corrected chi connectivity index (χ4v) is 3.56. The van der Waals surface area contributed by atoms with E-state index < -0.39 is 12.0 Å². The summed E-state index contributed by atoms with van der Waals surface area (Å²) in [5.74, 6) is -0.282. The molecular weight excluding hydrogens is 358 g/mol. The van der Waals surface area contributed by atoms with Crippen LogP contribution >= 0.6 is 0 Å². The Balaban J connectivity index is 1.85. The van der Waals surface area contributed by atoms with E-state index in [-0.39, 0.29) is 24.5 Å². The molecule has 3 rings (SSSR count). The van der Waals surface area contributed by atoms with Crippen molar-refractivity contribution in [3.8, 4) is 0 Å². The van der Waals surface area contributed by atoms with Crippen molar-refractivity contribution in [3.05, 3.63) is 41.1 Å². The lowest BCUT2D eigenvalue weighted by molar-refractivity contribution is -0.139. The largest absolute Gasteiger partial charge is 0.463 e. The van der Waals surface area contributed by atoms with Crippen molar-refractivity contribution >= 4 is 23.6 Å². The van der Waals surface area contributed by atoms with Gasteiger partial charge in [0, 0.05) is 23.8 Å². The Labute approximate surface area is 165 Å². The molecule has 3 amide bonds. The van der Waals surface area contributed by atoms with Crippen molar-refractivity contribution in [2.24, 2.45) is 5.92 Å². The van der Waals surface area contributed by atoms with Gasteiger partial charge in [-0.1, -0.05) is 18.6 Å². The Morgan fingerprint density at radius 1 is 1.21 bits per heavy atom. The fraction of sp³-hybridized carbons (Fsp3) is 0.476. The first-order valence-electron chi connectivity index (χ1n) is 9.83. The first kappa shape index (κ1) is 19.9. The lowest BCUT2D eigenvalue weighted by atomic mass is 9.85. The SMILES string of the molecule is CCOC(=O)C1=C(C)N(CC)C(=O)NC1c1ccc(NC(=O)C2CCC2)cc1. The summed E-state index contributed by atoms with van der Waals surface area (Å²) >= 11 is 0. The Kier molecular flexibility index (Phi) is 6.02. The molecule has 0 bridgehead atoms. The molecule has 1 fully saturated rings. The molecule has 1 aliphatic heterocycles. The standard InChI is InChI=1S/C21H27N3O4/c1-4-24-13(3)17(20(26)28-5-2)18(23-21(24)27)14-9-11-16(12-10-14)22-19(25)15-7-6-8-15/h9-12,15,18H,4-8H2,1-3H3,(H,22,25)(H,23,27). The van der Waals surface area contributed by atoms with Crippen molar-refractivity contribution in [1.29, 1.82) is 0 Å². The number of hydrogen-bond donors (Lipinski definition) is 2. The number of allylic oxidation sites excluding steroid dienone is 1. The maximum atomic E-state index is 12.6. The van der Waals surface area contributed by atoms with Crippen LogP contribution in [0.4, 0.5) is 10.5 Å². The molecule has 28 heavy (non-hydrogen) atoms. The van der Waals surface area contributed by atoms with Crippen LogP contribution in [0.3, 0.4) is 0 Å². The van der Waals surface area contributed by atoms with Gasteiger partial charge >= 0.3 is 12.0 Å². The van der Waals surface area contributed by atoms with Crippen LogP contribution in [-0.2, 0) is 14.3 Å². The normalized spacial score (nSPS) is 19.8. The van der Waals surface area contributed by atoms with Crippen LogP contribution in [0.25, 0.3) is 0 Å². The number of nitrogens with one attached hydrogen (secondary N) is 2. The Morgan fingerprint density at radius 2 is 1.89 bits per heavy atom. The van der Waals surface area contributed by atoms with Crippen LogP contribution in [0.2, 0.25) is 0 Å². The van der Waals surface area contributed by atoms with Crippen molar-refractivity contribution in [2.75, 3.05) is 18.5 Å². The van der Waals surface area contributed by atoms with Crippen molar-refractivity contribution in [3.63, 3.8) is 0 Å². The van der Waals surface area contributed by atoms with E-state index in [1.165, 1.54) is 4.90 Å². The number of amides is 3. The van der Waals surface area contributed by atoms with Gasteiger partial charge in [0.25, 0.3) is 0 Å². The van der Waals surface area contributed by atoms with Gasteiger partial charge in [-0.05, 0) is 51.3 Å². The molecule has 2 N–H and O–H groups in total. The summed E-state index contributed by atoms with van der Waals surface area (Å²) in [7, 11) is 0. The molecular formula is C21H27N3O4. The number of rotatable bonds is 6. The third kappa shape index (κ3) is 3.88. The molecule has 1 aromatic rings.